The van der Waals surface area contributed by atoms with Gasteiger partial charge in [-0.3, -0.25) is 0 Å². The maximum absolute atomic E-state index is 10.6. The number of rotatable bonds is 16. The third-order valence-electron chi connectivity index (χ3n) is 10.1. The van der Waals surface area contributed by atoms with Gasteiger partial charge < -0.3 is 33.5 Å². The summed E-state index contributed by atoms with van der Waals surface area (Å²) in [5.74, 6) is 2.95. The molecule has 1 saturated carbocycles. The Kier molecular flexibility index (Phi) is 10.2. The molecule has 1 N–H and O–H groups in total. The molecule has 3 aromatic rings. The van der Waals surface area contributed by atoms with Gasteiger partial charge >= 0.3 is 0 Å². The van der Waals surface area contributed by atoms with Gasteiger partial charge in [0.05, 0.1) is 25.9 Å². The molecule has 46 heavy (non-hydrogen) atoms. The third kappa shape index (κ3) is 8.62. The van der Waals surface area contributed by atoms with Crippen molar-refractivity contribution in [2.45, 2.75) is 88.6 Å². The van der Waals surface area contributed by atoms with E-state index in [-0.39, 0.29) is 30.1 Å². The summed E-state index contributed by atoms with van der Waals surface area (Å²) in [5, 5.41) is 10.6. The van der Waals surface area contributed by atoms with Gasteiger partial charge in [0.2, 0.25) is 0 Å². The van der Waals surface area contributed by atoms with Gasteiger partial charge in [-0.05, 0) is 90.1 Å². The second-order valence-electron chi connectivity index (χ2n) is 14.2. The first-order valence-electron chi connectivity index (χ1n) is 16.9. The van der Waals surface area contributed by atoms with Crippen LogP contribution in [0.3, 0.4) is 0 Å². The Bertz CT molecular complexity index is 1370. The van der Waals surface area contributed by atoms with E-state index in [0.717, 1.165) is 44.2 Å². The number of aliphatic hydroxyl groups excluding tert-OH is 1. The fourth-order valence-corrected chi connectivity index (χ4v) is 6.46. The molecular formula is C39H50O7. The molecule has 0 radical (unpaired) electrons. The number of epoxide rings is 2. The van der Waals surface area contributed by atoms with Crippen molar-refractivity contribution in [2.24, 2.45) is 5.92 Å². The quantitative estimate of drug-likeness (QED) is 0.173. The number of hydrogen-bond acceptors (Lipinski definition) is 7. The average molecular weight is 631 g/mol. The van der Waals surface area contributed by atoms with Crippen LogP contribution in [0.4, 0.5) is 0 Å². The summed E-state index contributed by atoms with van der Waals surface area (Å²) in [6.07, 6.45) is 4.79. The van der Waals surface area contributed by atoms with Gasteiger partial charge in [-0.25, -0.2) is 0 Å². The van der Waals surface area contributed by atoms with Gasteiger partial charge in [0.1, 0.15) is 55.4 Å². The maximum Gasteiger partial charge on any atom is 0.122 e. The summed E-state index contributed by atoms with van der Waals surface area (Å²) < 4.78 is 34.1. The first-order chi connectivity index (χ1) is 22.2. The van der Waals surface area contributed by atoms with Crippen LogP contribution >= 0.6 is 0 Å². The molecule has 1 aliphatic carbocycles. The molecule has 3 atom stereocenters. The highest BCUT2D eigenvalue weighted by Gasteiger charge is 2.35. The molecule has 2 aliphatic heterocycles. The summed E-state index contributed by atoms with van der Waals surface area (Å²) in [7, 11) is 0. The Morgan fingerprint density at radius 3 is 1.54 bits per heavy atom. The topological polar surface area (TPSA) is 82.2 Å². The van der Waals surface area contributed by atoms with Crippen LogP contribution in [0.15, 0.2) is 72.8 Å². The maximum atomic E-state index is 10.6. The highest BCUT2D eigenvalue weighted by molar-refractivity contribution is 5.42. The molecular weight excluding hydrogens is 580 g/mol. The number of aliphatic hydroxyl groups is 1. The fourth-order valence-electron chi connectivity index (χ4n) is 6.46. The number of hydrogen-bond donors (Lipinski definition) is 1. The third-order valence-corrected chi connectivity index (χ3v) is 10.1. The van der Waals surface area contributed by atoms with E-state index in [1.54, 1.807) is 0 Å². The predicted octanol–water partition coefficient (Wildman–Crippen LogP) is 6.86. The minimum Gasteiger partial charge on any atom is -0.491 e. The smallest absolute Gasteiger partial charge is 0.122 e. The first-order valence-corrected chi connectivity index (χ1v) is 16.9. The summed E-state index contributed by atoms with van der Waals surface area (Å²) in [5.41, 5.74) is 3.59. The lowest BCUT2D eigenvalue weighted by molar-refractivity contribution is 0.00306. The molecule has 0 spiro atoms. The molecule has 3 aliphatic rings. The van der Waals surface area contributed by atoms with Crippen molar-refractivity contribution in [1.29, 1.82) is 0 Å². The number of benzene rings is 3. The van der Waals surface area contributed by atoms with E-state index >= 15 is 0 Å². The molecule has 2 heterocycles. The van der Waals surface area contributed by atoms with Crippen molar-refractivity contribution >= 4 is 0 Å². The normalized spacial score (nSPS) is 23.4. The molecule has 0 aromatic heterocycles. The second-order valence-corrected chi connectivity index (χ2v) is 14.2. The number of ether oxygens (including phenoxy) is 6. The molecule has 6 rings (SSSR count). The largest absolute Gasteiger partial charge is 0.491 e. The van der Waals surface area contributed by atoms with Crippen LogP contribution in [0.5, 0.6) is 17.2 Å². The highest BCUT2D eigenvalue weighted by Crippen LogP contribution is 2.42. The zero-order valence-corrected chi connectivity index (χ0v) is 27.8. The fraction of sp³-hybridized carbons (Fsp3) is 0.538. The van der Waals surface area contributed by atoms with E-state index in [1.807, 2.05) is 36.4 Å². The SMILES string of the molecule is CC(C)(c1ccc(OCC(O)COc2ccc(C(C)(C)C3CCC(OCC4CO4)CC3)cc2)cc1)c1ccc(OCC2CO2)cc1. The van der Waals surface area contributed by atoms with Crippen LogP contribution in [-0.4, -0.2) is 69.2 Å². The minimum atomic E-state index is -0.747. The standard InChI is InChI=1S/C39H50O7/c1-38(2,29-9-17-34(18-10-29)43-23-36-25-45-36)27-5-13-32(14-6-27)41-21-31(40)22-42-33-15-7-28(8-16-33)39(3,4)30-11-19-35(20-12-30)44-24-37-26-46-37/h5-10,13-18,30-31,35-37,40H,11-12,19-26H2,1-4H3. The highest BCUT2D eigenvalue weighted by atomic mass is 16.6. The van der Waals surface area contributed by atoms with Crippen LogP contribution in [0.2, 0.25) is 0 Å². The zero-order chi connectivity index (χ0) is 32.1. The van der Waals surface area contributed by atoms with Crippen molar-refractivity contribution in [3.8, 4) is 17.2 Å². The Morgan fingerprint density at radius 2 is 1.07 bits per heavy atom. The Balaban J connectivity index is 0.924. The summed E-state index contributed by atoms with van der Waals surface area (Å²) in [6, 6.07) is 24.7. The monoisotopic (exact) mass is 630 g/mol. The molecule has 0 amide bonds. The zero-order valence-electron chi connectivity index (χ0n) is 27.8. The summed E-state index contributed by atoms with van der Waals surface area (Å²) >= 11 is 0. The van der Waals surface area contributed by atoms with Crippen LogP contribution in [0.1, 0.15) is 70.1 Å². The van der Waals surface area contributed by atoms with E-state index in [1.165, 1.54) is 29.5 Å². The van der Waals surface area contributed by atoms with Gasteiger partial charge in [-0.15, -0.1) is 0 Å². The van der Waals surface area contributed by atoms with E-state index in [4.69, 9.17) is 28.4 Å². The molecule has 7 nitrogen and oxygen atoms in total. The van der Waals surface area contributed by atoms with Crippen LogP contribution < -0.4 is 14.2 Å². The van der Waals surface area contributed by atoms with Crippen molar-refractivity contribution in [3.05, 3.63) is 89.5 Å². The van der Waals surface area contributed by atoms with Gasteiger partial charge in [-0.1, -0.05) is 64.1 Å². The van der Waals surface area contributed by atoms with Gasteiger partial charge in [-0.2, -0.15) is 0 Å². The minimum absolute atomic E-state index is 0.0755. The molecule has 3 unspecified atom stereocenters. The van der Waals surface area contributed by atoms with Gasteiger partial charge in [0, 0.05) is 5.41 Å². The summed E-state index contributed by atoms with van der Waals surface area (Å²) in [4.78, 5) is 0. The first kappa shape index (κ1) is 32.8. The van der Waals surface area contributed by atoms with Gasteiger partial charge in [0.15, 0.2) is 0 Å². The Morgan fingerprint density at radius 1 is 0.630 bits per heavy atom. The van der Waals surface area contributed by atoms with Crippen molar-refractivity contribution < 1.29 is 33.5 Å². The van der Waals surface area contributed by atoms with Gasteiger partial charge in [0.25, 0.3) is 0 Å². The summed E-state index contributed by atoms with van der Waals surface area (Å²) in [6.45, 7) is 12.4. The predicted molar refractivity (Wildman–Crippen MR) is 178 cm³/mol. The molecule has 0 bridgehead atoms. The van der Waals surface area contributed by atoms with E-state index in [9.17, 15) is 5.11 Å². The Hall–Kier alpha value is -3.10. The second kappa shape index (κ2) is 14.3. The molecule has 3 fully saturated rings. The van der Waals surface area contributed by atoms with Crippen molar-refractivity contribution in [2.75, 3.05) is 39.6 Å². The van der Waals surface area contributed by atoms with E-state index < -0.39 is 6.10 Å². The lowest BCUT2D eigenvalue weighted by Crippen LogP contribution is -2.34. The van der Waals surface area contributed by atoms with E-state index in [0.29, 0.717) is 30.5 Å². The van der Waals surface area contributed by atoms with E-state index in [2.05, 4.69) is 64.1 Å². The van der Waals surface area contributed by atoms with Crippen molar-refractivity contribution in [1.82, 2.24) is 0 Å². The van der Waals surface area contributed by atoms with Crippen molar-refractivity contribution in [3.63, 3.8) is 0 Å². The van der Waals surface area contributed by atoms with Crippen LogP contribution in [-0.2, 0) is 25.0 Å². The van der Waals surface area contributed by atoms with Crippen LogP contribution in [0.25, 0.3) is 0 Å². The molecule has 3 aromatic carbocycles. The molecule has 2 saturated heterocycles. The molecule has 7 heteroatoms. The Labute approximate surface area is 274 Å². The lowest BCUT2D eigenvalue weighted by atomic mass is 9.67. The molecule has 248 valence electrons. The van der Waals surface area contributed by atoms with Crippen LogP contribution in [0, 0.1) is 5.92 Å². The lowest BCUT2D eigenvalue weighted by Gasteiger charge is -2.39. The average Bonchev–Trinajstić information content (AvgIpc) is 4.01.